The molecule has 0 aliphatic carbocycles. The number of hydrogen-bond acceptors (Lipinski definition) is 3. The van der Waals surface area contributed by atoms with Gasteiger partial charge in [0, 0.05) is 11.8 Å². The summed E-state index contributed by atoms with van der Waals surface area (Å²) in [5, 5.41) is 8.08. The van der Waals surface area contributed by atoms with Crippen LogP contribution in [0, 0.1) is 11.8 Å². The first-order chi connectivity index (χ1) is 5.11. The predicted octanol–water partition coefficient (Wildman–Crippen LogP) is 3.28. The lowest BCUT2D eigenvalue weighted by Crippen LogP contribution is -2.20. The molecule has 0 saturated heterocycles. The Balaban J connectivity index is 0. The Labute approximate surface area is 92.2 Å². The van der Waals surface area contributed by atoms with Crippen molar-refractivity contribution in [2.24, 2.45) is 22.1 Å². The van der Waals surface area contributed by atoms with Crippen molar-refractivity contribution in [3.63, 3.8) is 0 Å². The summed E-state index contributed by atoms with van der Waals surface area (Å²) in [5.74, 6) is 0.866. The second-order valence-corrected chi connectivity index (χ2v) is 3.64. The van der Waals surface area contributed by atoms with Crippen LogP contribution in [0.4, 0.5) is 0 Å². The Kier molecular flexibility index (Phi) is 7.89. The van der Waals surface area contributed by atoms with Crippen LogP contribution in [0.3, 0.4) is 0 Å². The molecule has 0 saturated carbocycles. The van der Waals surface area contributed by atoms with E-state index in [1.807, 2.05) is 0 Å². The zero-order valence-electron chi connectivity index (χ0n) is 8.43. The average Bonchev–Trinajstić information content (AvgIpc) is 2.33. The molecular formula is C8H18Cl2N2O. The third-order valence-corrected chi connectivity index (χ3v) is 1.71. The molecule has 2 unspecified atom stereocenters. The molecule has 1 aliphatic rings. The fourth-order valence-corrected chi connectivity index (χ4v) is 0.910. The molecule has 0 aromatic carbocycles. The first-order valence-electron chi connectivity index (χ1n) is 4.16. The SMILES string of the molecule is CC(C)C1N=NC(C(C)C)O1.Cl.Cl. The number of hydrogen-bond donors (Lipinski definition) is 0. The van der Waals surface area contributed by atoms with Crippen LogP contribution in [0.1, 0.15) is 27.7 Å². The first kappa shape index (κ1) is 15.6. The summed E-state index contributed by atoms with van der Waals surface area (Å²) in [6, 6.07) is 0. The van der Waals surface area contributed by atoms with E-state index in [1.54, 1.807) is 0 Å². The van der Waals surface area contributed by atoms with Gasteiger partial charge in [-0.2, -0.15) is 10.2 Å². The fraction of sp³-hybridized carbons (Fsp3) is 1.00. The van der Waals surface area contributed by atoms with Crippen molar-refractivity contribution in [1.82, 2.24) is 0 Å². The number of azo groups is 1. The Morgan fingerprint density at radius 2 is 1.15 bits per heavy atom. The summed E-state index contributed by atoms with van der Waals surface area (Å²) >= 11 is 0. The second kappa shape index (κ2) is 6.57. The van der Waals surface area contributed by atoms with Crippen molar-refractivity contribution < 1.29 is 4.74 Å². The first-order valence-corrected chi connectivity index (χ1v) is 4.16. The maximum absolute atomic E-state index is 5.55. The summed E-state index contributed by atoms with van der Waals surface area (Å²) in [6.45, 7) is 8.36. The molecule has 0 spiro atoms. The Morgan fingerprint density at radius 1 is 0.846 bits per heavy atom. The van der Waals surface area contributed by atoms with Gasteiger partial charge >= 0.3 is 0 Å². The van der Waals surface area contributed by atoms with Crippen molar-refractivity contribution in [2.45, 2.75) is 40.2 Å². The highest BCUT2D eigenvalue weighted by Gasteiger charge is 2.26. The topological polar surface area (TPSA) is 34.0 Å². The van der Waals surface area contributed by atoms with Gasteiger partial charge in [0.05, 0.1) is 0 Å². The summed E-state index contributed by atoms with van der Waals surface area (Å²) in [5.41, 5.74) is 0. The van der Waals surface area contributed by atoms with Crippen molar-refractivity contribution in [1.29, 1.82) is 0 Å². The number of ether oxygens (including phenoxy) is 1. The number of halogens is 2. The summed E-state index contributed by atoms with van der Waals surface area (Å²) in [7, 11) is 0. The lowest BCUT2D eigenvalue weighted by molar-refractivity contribution is -0.0123. The zero-order chi connectivity index (χ0) is 8.43. The van der Waals surface area contributed by atoms with E-state index in [1.165, 1.54) is 0 Å². The van der Waals surface area contributed by atoms with Gasteiger partial charge in [0.2, 0.25) is 0 Å². The molecule has 80 valence electrons. The quantitative estimate of drug-likeness (QED) is 0.715. The van der Waals surface area contributed by atoms with Crippen LogP contribution in [0.15, 0.2) is 10.2 Å². The number of nitrogens with zero attached hydrogens (tertiary/aromatic N) is 2. The van der Waals surface area contributed by atoms with Gasteiger partial charge in [0.25, 0.3) is 0 Å². The number of rotatable bonds is 2. The maximum atomic E-state index is 5.55. The van der Waals surface area contributed by atoms with Gasteiger partial charge in [0.15, 0.2) is 12.5 Å². The molecule has 1 heterocycles. The van der Waals surface area contributed by atoms with Crippen LogP contribution < -0.4 is 0 Å². The molecule has 5 heteroatoms. The summed E-state index contributed by atoms with van der Waals surface area (Å²) in [6.07, 6.45) is -0.0233. The molecule has 0 amide bonds. The third kappa shape index (κ3) is 4.25. The molecular weight excluding hydrogens is 211 g/mol. The maximum Gasteiger partial charge on any atom is 0.173 e. The van der Waals surface area contributed by atoms with E-state index in [-0.39, 0.29) is 37.3 Å². The van der Waals surface area contributed by atoms with E-state index >= 15 is 0 Å². The van der Waals surface area contributed by atoms with Crippen LogP contribution in [0.25, 0.3) is 0 Å². The van der Waals surface area contributed by atoms with E-state index in [0.29, 0.717) is 11.8 Å². The van der Waals surface area contributed by atoms with E-state index in [4.69, 9.17) is 4.74 Å². The normalized spacial score (nSPS) is 26.0. The Bertz CT molecular complexity index is 146. The van der Waals surface area contributed by atoms with Gasteiger partial charge in [-0.25, -0.2) is 0 Å². The van der Waals surface area contributed by atoms with Crippen molar-refractivity contribution >= 4 is 24.8 Å². The van der Waals surface area contributed by atoms with Gasteiger partial charge in [-0.3, -0.25) is 0 Å². The third-order valence-electron chi connectivity index (χ3n) is 1.71. The predicted molar refractivity (Wildman–Crippen MR) is 57.7 cm³/mol. The van der Waals surface area contributed by atoms with Crippen LogP contribution >= 0.6 is 24.8 Å². The van der Waals surface area contributed by atoms with Crippen LogP contribution in [0.2, 0.25) is 0 Å². The van der Waals surface area contributed by atoms with Gasteiger partial charge in [-0.15, -0.1) is 24.8 Å². The minimum absolute atomic E-state index is 0. The highest BCUT2D eigenvalue weighted by Crippen LogP contribution is 2.23. The van der Waals surface area contributed by atoms with Crippen molar-refractivity contribution in [3.8, 4) is 0 Å². The highest BCUT2D eigenvalue weighted by atomic mass is 35.5. The minimum Gasteiger partial charge on any atom is -0.327 e. The molecule has 0 N–H and O–H groups in total. The van der Waals surface area contributed by atoms with Crippen molar-refractivity contribution in [2.75, 3.05) is 0 Å². The fourth-order valence-electron chi connectivity index (χ4n) is 0.910. The minimum atomic E-state index is -0.0117. The van der Waals surface area contributed by atoms with Crippen molar-refractivity contribution in [3.05, 3.63) is 0 Å². The van der Waals surface area contributed by atoms with E-state index in [0.717, 1.165) is 0 Å². The summed E-state index contributed by atoms with van der Waals surface area (Å²) in [4.78, 5) is 0. The van der Waals surface area contributed by atoms with Crippen LogP contribution in [0.5, 0.6) is 0 Å². The molecule has 0 fully saturated rings. The Hall–Kier alpha value is 0.140. The van der Waals surface area contributed by atoms with E-state index < -0.39 is 0 Å². The molecule has 0 aromatic heterocycles. The summed E-state index contributed by atoms with van der Waals surface area (Å²) < 4.78 is 5.55. The van der Waals surface area contributed by atoms with E-state index in [2.05, 4.69) is 37.9 Å². The van der Waals surface area contributed by atoms with Gasteiger partial charge < -0.3 is 4.74 Å². The second-order valence-electron chi connectivity index (χ2n) is 3.64. The zero-order valence-corrected chi connectivity index (χ0v) is 10.1. The van der Waals surface area contributed by atoms with Crippen LogP contribution in [-0.2, 0) is 4.74 Å². The smallest absolute Gasteiger partial charge is 0.173 e. The monoisotopic (exact) mass is 228 g/mol. The van der Waals surface area contributed by atoms with Gasteiger partial charge in [-0.05, 0) is 0 Å². The lowest BCUT2D eigenvalue weighted by atomic mass is 10.2. The standard InChI is InChI=1S/C8H16N2O.2ClH/c1-5(2)7-9-10-8(11-7)6(3)4;;/h5-8H,1-4H3;2*1H. The molecule has 0 radical (unpaired) electrons. The molecule has 3 nitrogen and oxygen atoms in total. The van der Waals surface area contributed by atoms with Gasteiger partial charge in [-0.1, -0.05) is 27.7 Å². The molecule has 2 atom stereocenters. The molecule has 1 rings (SSSR count). The highest BCUT2D eigenvalue weighted by molar-refractivity contribution is 5.85. The molecule has 1 aliphatic heterocycles. The molecule has 13 heavy (non-hydrogen) atoms. The largest absolute Gasteiger partial charge is 0.327 e. The lowest BCUT2D eigenvalue weighted by Gasteiger charge is -2.14. The molecule has 0 aromatic rings. The van der Waals surface area contributed by atoms with Crippen LogP contribution in [-0.4, -0.2) is 12.5 Å². The van der Waals surface area contributed by atoms with E-state index in [9.17, 15) is 0 Å². The van der Waals surface area contributed by atoms with Gasteiger partial charge in [0.1, 0.15) is 0 Å². The Morgan fingerprint density at radius 3 is 1.31 bits per heavy atom. The molecule has 0 bridgehead atoms. The average molecular weight is 229 g/mol.